The molecule has 1 atom stereocenters. The quantitative estimate of drug-likeness (QED) is 0.555. The van der Waals surface area contributed by atoms with Crippen LogP contribution >= 0.6 is 0 Å². The Bertz CT molecular complexity index is 895. The van der Waals surface area contributed by atoms with Crippen LogP contribution in [0.2, 0.25) is 0 Å². The Morgan fingerprint density at radius 3 is 2.79 bits per heavy atom. The largest absolute Gasteiger partial charge is 0.493 e. The zero-order valence-electron chi connectivity index (χ0n) is 19.1. The molecule has 2 N–H and O–H groups in total. The fraction of sp³-hybridized carbons (Fsp3) is 0.542. The maximum Gasteiger partial charge on any atom is 0.161 e. The Labute approximate surface area is 194 Å². The van der Waals surface area contributed by atoms with E-state index in [9.17, 15) is 9.50 Å². The van der Waals surface area contributed by atoms with Gasteiger partial charge in [-0.05, 0) is 36.2 Å². The number of hydrogen-bond donors (Lipinski definition) is 2. The van der Waals surface area contributed by atoms with Gasteiger partial charge in [-0.15, -0.1) is 0 Å². The third-order valence-electron chi connectivity index (χ3n) is 6.15. The van der Waals surface area contributed by atoms with Crippen LogP contribution in [-0.4, -0.2) is 86.8 Å². The normalized spacial score (nSPS) is 21.4. The molecule has 2 fully saturated rings. The summed E-state index contributed by atoms with van der Waals surface area (Å²) in [6.45, 7) is 7.08. The SMILES string of the molecule is COc1cc(CNC[C@@]2(O)CCN(c3ccc(F)cn3)C2)ccc1OCCN1CCOCC1. The minimum Gasteiger partial charge on any atom is -0.493 e. The van der Waals surface area contributed by atoms with E-state index in [1.54, 1.807) is 13.2 Å². The number of aromatic nitrogens is 1. The Balaban J connectivity index is 1.23. The number of β-amino-alcohol motifs (C(OH)–C–C–N with tert-alkyl or cyclic N) is 1. The first kappa shape index (κ1) is 23.7. The number of hydrogen-bond acceptors (Lipinski definition) is 8. The Kier molecular flexibility index (Phi) is 7.97. The van der Waals surface area contributed by atoms with Crippen molar-refractivity contribution in [3.05, 3.63) is 47.9 Å². The Morgan fingerprint density at radius 1 is 1.18 bits per heavy atom. The monoisotopic (exact) mass is 460 g/mol. The van der Waals surface area contributed by atoms with E-state index in [0.717, 1.165) is 44.2 Å². The molecule has 9 heteroatoms. The lowest BCUT2D eigenvalue weighted by molar-refractivity contribution is 0.0321. The van der Waals surface area contributed by atoms with Gasteiger partial charge in [0.15, 0.2) is 11.5 Å². The fourth-order valence-electron chi connectivity index (χ4n) is 4.24. The highest BCUT2D eigenvalue weighted by atomic mass is 19.1. The standard InChI is InChI=1S/C24H33FN4O4/c1-31-22-14-19(2-4-21(22)33-13-10-28-8-11-32-12-9-28)15-26-17-24(30)6-7-29(18-24)23-5-3-20(25)16-27-23/h2-5,14,16,26,30H,6-13,15,17-18H2,1H3/t24-/m0/s1. The van der Waals surface area contributed by atoms with Crippen LogP contribution in [0.25, 0.3) is 0 Å². The highest BCUT2D eigenvalue weighted by molar-refractivity contribution is 5.43. The predicted octanol–water partition coefficient (Wildman–Crippen LogP) is 1.67. The van der Waals surface area contributed by atoms with Crippen LogP contribution in [0.1, 0.15) is 12.0 Å². The molecule has 0 aliphatic carbocycles. The van der Waals surface area contributed by atoms with E-state index in [2.05, 4.69) is 15.2 Å². The highest BCUT2D eigenvalue weighted by Crippen LogP contribution is 2.29. The third-order valence-corrected chi connectivity index (χ3v) is 6.15. The van der Waals surface area contributed by atoms with E-state index in [0.29, 0.717) is 50.8 Å². The molecule has 0 saturated carbocycles. The van der Waals surface area contributed by atoms with Gasteiger partial charge < -0.3 is 29.5 Å². The molecule has 2 aromatic rings. The van der Waals surface area contributed by atoms with Gasteiger partial charge in [0.05, 0.1) is 32.1 Å². The van der Waals surface area contributed by atoms with Crippen LogP contribution in [0.15, 0.2) is 36.5 Å². The molecule has 0 unspecified atom stereocenters. The summed E-state index contributed by atoms with van der Waals surface area (Å²) >= 11 is 0. The molecule has 33 heavy (non-hydrogen) atoms. The minimum atomic E-state index is -0.858. The van der Waals surface area contributed by atoms with Crippen molar-refractivity contribution in [2.24, 2.45) is 0 Å². The second kappa shape index (κ2) is 11.1. The van der Waals surface area contributed by atoms with Crippen molar-refractivity contribution in [3.63, 3.8) is 0 Å². The van der Waals surface area contributed by atoms with Crippen molar-refractivity contribution in [2.75, 3.05) is 71.1 Å². The number of aliphatic hydroxyl groups is 1. The van der Waals surface area contributed by atoms with E-state index >= 15 is 0 Å². The molecule has 0 amide bonds. The van der Waals surface area contributed by atoms with E-state index in [4.69, 9.17) is 14.2 Å². The molecule has 0 spiro atoms. The zero-order valence-corrected chi connectivity index (χ0v) is 19.1. The molecule has 2 aliphatic heterocycles. The lowest BCUT2D eigenvalue weighted by Crippen LogP contribution is -2.43. The number of rotatable bonds is 10. The van der Waals surface area contributed by atoms with Gasteiger partial charge in [-0.1, -0.05) is 6.07 Å². The number of anilines is 1. The Hall–Kier alpha value is -2.46. The summed E-state index contributed by atoms with van der Waals surface area (Å²) in [5.74, 6) is 1.75. The molecule has 4 rings (SSSR count). The minimum absolute atomic E-state index is 0.362. The van der Waals surface area contributed by atoms with E-state index in [1.165, 1.54) is 12.3 Å². The summed E-state index contributed by atoms with van der Waals surface area (Å²) in [6.07, 6.45) is 1.83. The maximum absolute atomic E-state index is 13.1. The summed E-state index contributed by atoms with van der Waals surface area (Å²) in [7, 11) is 1.64. The maximum atomic E-state index is 13.1. The predicted molar refractivity (Wildman–Crippen MR) is 123 cm³/mol. The molecule has 0 radical (unpaired) electrons. The van der Waals surface area contributed by atoms with Gasteiger partial charge in [0, 0.05) is 45.8 Å². The van der Waals surface area contributed by atoms with Gasteiger partial charge in [0.1, 0.15) is 18.2 Å². The smallest absolute Gasteiger partial charge is 0.161 e. The van der Waals surface area contributed by atoms with Gasteiger partial charge in [-0.2, -0.15) is 0 Å². The molecule has 3 heterocycles. The molecule has 0 bridgehead atoms. The molecule has 180 valence electrons. The average Bonchev–Trinajstić information content (AvgIpc) is 3.23. The van der Waals surface area contributed by atoms with Gasteiger partial charge >= 0.3 is 0 Å². The first-order valence-electron chi connectivity index (χ1n) is 11.4. The van der Waals surface area contributed by atoms with Crippen LogP contribution in [-0.2, 0) is 11.3 Å². The van der Waals surface area contributed by atoms with Gasteiger partial charge in [-0.25, -0.2) is 9.37 Å². The molecule has 2 saturated heterocycles. The summed E-state index contributed by atoms with van der Waals surface area (Å²) in [5.41, 5.74) is 0.189. The van der Waals surface area contributed by atoms with Gasteiger partial charge in [0.2, 0.25) is 0 Å². The molecule has 8 nitrogen and oxygen atoms in total. The van der Waals surface area contributed by atoms with E-state index in [1.807, 2.05) is 23.1 Å². The number of benzene rings is 1. The number of pyridine rings is 1. The lowest BCUT2D eigenvalue weighted by Gasteiger charge is -2.26. The number of nitrogens with zero attached hydrogens (tertiary/aromatic N) is 3. The third kappa shape index (κ3) is 6.54. The first-order chi connectivity index (χ1) is 16.0. The summed E-state index contributed by atoms with van der Waals surface area (Å²) in [5, 5.41) is 14.3. The summed E-state index contributed by atoms with van der Waals surface area (Å²) < 4.78 is 29.9. The fourth-order valence-corrected chi connectivity index (χ4v) is 4.24. The molecular formula is C24H33FN4O4. The van der Waals surface area contributed by atoms with Gasteiger partial charge in [-0.3, -0.25) is 4.90 Å². The van der Waals surface area contributed by atoms with Crippen molar-refractivity contribution in [1.29, 1.82) is 0 Å². The van der Waals surface area contributed by atoms with Crippen LogP contribution in [0.5, 0.6) is 11.5 Å². The van der Waals surface area contributed by atoms with Crippen molar-refractivity contribution in [2.45, 2.75) is 18.6 Å². The van der Waals surface area contributed by atoms with E-state index in [-0.39, 0.29) is 5.82 Å². The number of morpholine rings is 1. The highest BCUT2D eigenvalue weighted by Gasteiger charge is 2.36. The second-order valence-electron chi connectivity index (χ2n) is 8.62. The van der Waals surface area contributed by atoms with Crippen molar-refractivity contribution >= 4 is 5.82 Å². The van der Waals surface area contributed by atoms with Crippen molar-refractivity contribution < 1.29 is 23.7 Å². The number of ether oxygens (including phenoxy) is 3. The Morgan fingerprint density at radius 2 is 2.03 bits per heavy atom. The first-order valence-corrected chi connectivity index (χ1v) is 11.4. The number of halogens is 1. The average molecular weight is 461 g/mol. The van der Waals surface area contributed by atoms with Crippen molar-refractivity contribution in [3.8, 4) is 11.5 Å². The topological polar surface area (TPSA) is 79.3 Å². The molecule has 1 aromatic carbocycles. The zero-order chi connectivity index (χ0) is 23.1. The molecular weight excluding hydrogens is 427 g/mol. The number of nitrogens with one attached hydrogen (secondary N) is 1. The second-order valence-corrected chi connectivity index (χ2v) is 8.62. The van der Waals surface area contributed by atoms with E-state index < -0.39 is 5.60 Å². The van der Waals surface area contributed by atoms with Crippen LogP contribution in [0.3, 0.4) is 0 Å². The number of methoxy groups -OCH3 is 1. The molecule has 2 aliphatic rings. The molecule has 1 aromatic heterocycles. The summed E-state index contributed by atoms with van der Waals surface area (Å²) in [4.78, 5) is 8.42. The lowest BCUT2D eigenvalue weighted by atomic mass is 10.0. The summed E-state index contributed by atoms with van der Waals surface area (Å²) in [6, 6.07) is 8.94. The van der Waals surface area contributed by atoms with Crippen molar-refractivity contribution in [1.82, 2.24) is 15.2 Å². The van der Waals surface area contributed by atoms with Gasteiger partial charge in [0.25, 0.3) is 0 Å². The van der Waals surface area contributed by atoms with Crippen LogP contribution in [0.4, 0.5) is 10.2 Å². The van der Waals surface area contributed by atoms with Crippen LogP contribution in [0, 0.1) is 5.82 Å². The van der Waals surface area contributed by atoms with Crippen LogP contribution < -0.4 is 19.7 Å².